The largest absolute Gasteiger partial charge is 0.456 e. The lowest BCUT2D eigenvalue weighted by molar-refractivity contribution is 0.487. The first-order valence-electron chi connectivity index (χ1n) is 17.6. The van der Waals surface area contributed by atoms with Gasteiger partial charge in [0.15, 0.2) is 0 Å². The summed E-state index contributed by atoms with van der Waals surface area (Å²) in [7, 11) is 0. The second-order valence-electron chi connectivity index (χ2n) is 13.7. The van der Waals surface area contributed by atoms with Crippen molar-refractivity contribution in [1.29, 1.82) is 0 Å². The number of hydrogen-bond donors (Lipinski definition) is 0. The van der Waals surface area contributed by atoms with Crippen LogP contribution in [0.25, 0.3) is 98.7 Å². The van der Waals surface area contributed by atoms with Gasteiger partial charge in [-0.1, -0.05) is 140 Å². The van der Waals surface area contributed by atoms with E-state index in [0.29, 0.717) is 0 Å². The molecule has 1 heteroatoms. The Hall–Kier alpha value is -6.70. The molecule has 0 N–H and O–H groups in total. The summed E-state index contributed by atoms with van der Waals surface area (Å²) < 4.78 is 6.76. The van der Waals surface area contributed by atoms with E-state index in [9.17, 15) is 0 Å². The molecule has 0 atom stereocenters. The smallest absolute Gasteiger partial charge is 0.136 e. The Bertz CT molecular complexity index is 2960. The Balaban J connectivity index is 1.11. The molecule has 0 aromatic heterocycles. The lowest BCUT2D eigenvalue weighted by atomic mass is 9.87. The van der Waals surface area contributed by atoms with Crippen LogP contribution in [0.5, 0.6) is 11.5 Å². The molecular weight excluding hydrogens is 617 g/mol. The van der Waals surface area contributed by atoms with Gasteiger partial charge in [-0.2, -0.15) is 0 Å². The van der Waals surface area contributed by atoms with E-state index in [1.165, 1.54) is 76.6 Å². The molecule has 10 aromatic carbocycles. The first-order chi connectivity index (χ1) is 25.2. The maximum absolute atomic E-state index is 6.76. The molecule has 0 amide bonds. The van der Waals surface area contributed by atoms with Crippen molar-refractivity contribution in [2.24, 2.45) is 0 Å². The summed E-state index contributed by atoms with van der Waals surface area (Å²) in [4.78, 5) is 0. The van der Waals surface area contributed by atoms with E-state index >= 15 is 0 Å². The van der Waals surface area contributed by atoms with Crippen molar-refractivity contribution >= 4 is 43.1 Å². The molecule has 51 heavy (non-hydrogen) atoms. The normalized spacial score (nSPS) is 12.1. The second kappa shape index (κ2) is 10.9. The Morgan fingerprint density at radius 1 is 0.255 bits per heavy atom. The molecule has 0 saturated heterocycles. The van der Waals surface area contributed by atoms with Crippen LogP contribution in [0, 0.1) is 0 Å². The summed E-state index contributed by atoms with van der Waals surface area (Å²) in [5.74, 6) is 1.78. The van der Waals surface area contributed by atoms with Crippen LogP contribution in [-0.4, -0.2) is 0 Å². The molecule has 11 rings (SSSR count). The fourth-order valence-electron chi connectivity index (χ4n) is 8.35. The third-order valence-electron chi connectivity index (χ3n) is 10.8. The maximum Gasteiger partial charge on any atom is 0.136 e. The number of hydrogen-bond acceptors (Lipinski definition) is 1. The van der Waals surface area contributed by atoms with Crippen molar-refractivity contribution in [3.05, 3.63) is 182 Å². The van der Waals surface area contributed by atoms with Gasteiger partial charge in [0.25, 0.3) is 0 Å². The average molecular weight is 647 g/mol. The van der Waals surface area contributed by atoms with Crippen molar-refractivity contribution in [3.63, 3.8) is 0 Å². The monoisotopic (exact) mass is 646 g/mol. The highest BCUT2D eigenvalue weighted by Crippen LogP contribution is 2.49. The zero-order valence-electron chi connectivity index (χ0n) is 27.7. The minimum absolute atomic E-state index is 0.888. The van der Waals surface area contributed by atoms with Crippen molar-refractivity contribution < 1.29 is 4.74 Å². The van der Waals surface area contributed by atoms with Crippen molar-refractivity contribution in [3.8, 4) is 67.1 Å². The molecule has 1 aliphatic heterocycles. The molecule has 10 aromatic rings. The van der Waals surface area contributed by atoms with E-state index < -0.39 is 0 Å². The summed E-state index contributed by atoms with van der Waals surface area (Å²) >= 11 is 0. The number of ether oxygens (including phenoxy) is 1. The molecule has 0 radical (unpaired) electrons. The lowest BCUT2D eigenvalue weighted by Gasteiger charge is -2.23. The lowest BCUT2D eigenvalue weighted by Crippen LogP contribution is -1.98. The van der Waals surface area contributed by atoms with Crippen molar-refractivity contribution in [1.82, 2.24) is 0 Å². The standard InChI is InChI=1S/C50H30O/c1-3-9-31(10-4-1)36-21-24-46-45(29-36)43-16-8-15-37-25-40(30-47(51-46)49(37)43)39-26-38(32-11-5-2-6-12-32)27-41(28-39)42-22-19-35-18-17-33-13-7-14-34-20-23-44(42)50(35)48(33)34/h1-30H. The van der Waals surface area contributed by atoms with Gasteiger partial charge in [-0.15, -0.1) is 0 Å². The quantitative estimate of drug-likeness (QED) is 0.173. The van der Waals surface area contributed by atoms with E-state index in [1.807, 2.05) is 0 Å². The third-order valence-corrected chi connectivity index (χ3v) is 10.8. The van der Waals surface area contributed by atoms with Crippen LogP contribution in [0.3, 0.4) is 0 Å². The Labute approximate surface area is 296 Å². The second-order valence-corrected chi connectivity index (χ2v) is 13.7. The Morgan fingerprint density at radius 2 is 0.863 bits per heavy atom. The first kappa shape index (κ1) is 28.2. The number of fused-ring (bicyclic) bond motifs is 2. The van der Waals surface area contributed by atoms with Crippen LogP contribution < -0.4 is 4.74 Å². The summed E-state index contributed by atoms with van der Waals surface area (Å²) in [5, 5.41) is 10.1. The molecule has 1 aliphatic rings. The van der Waals surface area contributed by atoms with Gasteiger partial charge in [-0.3, -0.25) is 0 Å². The van der Waals surface area contributed by atoms with E-state index in [-0.39, 0.29) is 0 Å². The third kappa shape index (κ3) is 4.42. The zero-order valence-corrected chi connectivity index (χ0v) is 27.7. The fraction of sp³-hybridized carbons (Fsp3) is 0. The van der Waals surface area contributed by atoms with E-state index in [1.54, 1.807) is 0 Å². The highest BCUT2D eigenvalue weighted by molar-refractivity contribution is 6.25. The van der Waals surface area contributed by atoms with Gasteiger partial charge < -0.3 is 4.74 Å². The van der Waals surface area contributed by atoms with Gasteiger partial charge in [0.05, 0.1) is 0 Å². The average Bonchev–Trinajstić information content (AvgIpc) is 3.20. The highest BCUT2D eigenvalue weighted by atomic mass is 16.5. The van der Waals surface area contributed by atoms with Gasteiger partial charge in [0, 0.05) is 10.9 Å². The van der Waals surface area contributed by atoms with Crippen LogP contribution in [-0.2, 0) is 0 Å². The summed E-state index contributed by atoms with van der Waals surface area (Å²) in [6, 6.07) is 66.3. The molecule has 0 bridgehead atoms. The summed E-state index contributed by atoms with van der Waals surface area (Å²) in [6.45, 7) is 0. The van der Waals surface area contributed by atoms with Crippen LogP contribution in [0.15, 0.2) is 182 Å². The van der Waals surface area contributed by atoms with Crippen LogP contribution >= 0.6 is 0 Å². The van der Waals surface area contributed by atoms with E-state index in [2.05, 4.69) is 182 Å². The Kier molecular flexibility index (Phi) is 6.02. The number of rotatable bonds is 4. The van der Waals surface area contributed by atoms with E-state index in [4.69, 9.17) is 4.74 Å². The predicted molar refractivity (Wildman–Crippen MR) is 215 cm³/mol. The molecule has 0 fully saturated rings. The zero-order chi connectivity index (χ0) is 33.5. The molecule has 1 nitrogen and oxygen atoms in total. The van der Waals surface area contributed by atoms with Crippen LogP contribution in [0.1, 0.15) is 0 Å². The predicted octanol–water partition coefficient (Wildman–Crippen LogP) is 14.2. The maximum atomic E-state index is 6.76. The first-order valence-corrected chi connectivity index (χ1v) is 17.6. The molecule has 0 saturated carbocycles. The van der Waals surface area contributed by atoms with E-state index in [0.717, 1.165) is 33.6 Å². The molecule has 0 spiro atoms. The summed E-state index contributed by atoms with van der Waals surface area (Å²) in [6.07, 6.45) is 0. The highest BCUT2D eigenvalue weighted by Gasteiger charge is 2.22. The van der Waals surface area contributed by atoms with Gasteiger partial charge in [0.1, 0.15) is 11.5 Å². The van der Waals surface area contributed by atoms with Gasteiger partial charge in [-0.25, -0.2) is 0 Å². The molecule has 0 aliphatic carbocycles. The molecule has 236 valence electrons. The Morgan fingerprint density at radius 3 is 1.65 bits per heavy atom. The SMILES string of the molecule is c1ccc(-c2cc(-c3cc4c5c(cccc5c3)-c3cc(-c5ccccc5)ccc3O4)cc(-c3ccc4ccc5cccc6ccc3c4c56)c2)cc1. The minimum atomic E-state index is 0.888. The summed E-state index contributed by atoms with van der Waals surface area (Å²) in [5.41, 5.74) is 11.8. The van der Waals surface area contributed by atoms with Crippen LogP contribution in [0.4, 0.5) is 0 Å². The fourth-order valence-corrected chi connectivity index (χ4v) is 8.35. The van der Waals surface area contributed by atoms with Gasteiger partial charge >= 0.3 is 0 Å². The van der Waals surface area contributed by atoms with Gasteiger partial charge in [0.2, 0.25) is 0 Å². The topological polar surface area (TPSA) is 9.23 Å². The van der Waals surface area contributed by atoms with Crippen LogP contribution in [0.2, 0.25) is 0 Å². The number of benzene rings is 10. The van der Waals surface area contributed by atoms with Crippen molar-refractivity contribution in [2.75, 3.05) is 0 Å². The molecule has 0 unspecified atom stereocenters. The molecule has 1 heterocycles. The minimum Gasteiger partial charge on any atom is -0.456 e. The van der Waals surface area contributed by atoms with Gasteiger partial charge in [-0.05, 0) is 130 Å². The molecular formula is C50H30O. The van der Waals surface area contributed by atoms with Crippen molar-refractivity contribution in [2.45, 2.75) is 0 Å².